The van der Waals surface area contributed by atoms with Gasteiger partial charge in [-0.1, -0.05) is 31.2 Å². The number of aromatic nitrogens is 1. The number of carbonyl (C=O) groups is 2. The number of benzene rings is 1. The largest absolute Gasteiger partial charge is 0.351 e. The Morgan fingerprint density at radius 1 is 1.24 bits per heavy atom. The molecule has 1 fully saturated rings. The lowest BCUT2D eigenvalue weighted by Gasteiger charge is -2.34. The summed E-state index contributed by atoms with van der Waals surface area (Å²) >= 11 is 0. The predicted octanol–water partition coefficient (Wildman–Crippen LogP) is 3.99. The van der Waals surface area contributed by atoms with Gasteiger partial charge in [0.25, 0.3) is 15.9 Å². The highest BCUT2D eigenvalue weighted by Crippen LogP contribution is 2.38. The molecule has 1 aliphatic heterocycles. The smallest absolute Gasteiger partial charge is 0.268 e. The molecule has 1 aliphatic carbocycles. The molecule has 2 aromatic rings. The highest BCUT2D eigenvalue weighted by molar-refractivity contribution is 7.95. The minimum atomic E-state index is -4.36. The molecule has 0 spiro atoms. The first-order valence-corrected chi connectivity index (χ1v) is 12.5. The number of sulfonamides is 1. The topological polar surface area (TPSA) is 96.4 Å². The van der Waals surface area contributed by atoms with Crippen molar-refractivity contribution < 1.29 is 22.4 Å². The molecule has 1 aromatic heterocycles. The molecule has 1 aromatic carbocycles. The Bertz CT molecular complexity index is 1330. The molecule has 1 saturated heterocycles. The van der Waals surface area contributed by atoms with E-state index in [2.05, 4.69) is 11.9 Å². The van der Waals surface area contributed by atoms with Crippen LogP contribution in [0.1, 0.15) is 44.0 Å². The molecule has 9 heteroatoms. The Morgan fingerprint density at radius 2 is 2.00 bits per heavy atom. The summed E-state index contributed by atoms with van der Waals surface area (Å²) in [4.78, 5) is 31.5. The van der Waals surface area contributed by atoms with Crippen LogP contribution in [0.5, 0.6) is 0 Å². The fraction of sp³-hybridized carbons (Fsp3) is 0.320. The Kier molecular flexibility index (Phi) is 6.16. The van der Waals surface area contributed by atoms with Crippen molar-refractivity contribution in [2.45, 2.75) is 39.2 Å². The van der Waals surface area contributed by atoms with E-state index in [9.17, 15) is 22.4 Å². The van der Waals surface area contributed by atoms with Crippen molar-refractivity contribution in [1.29, 1.82) is 0 Å². The number of halogens is 1. The van der Waals surface area contributed by atoms with E-state index in [1.807, 2.05) is 23.5 Å². The molecule has 34 heavy (non-hydrogen) atoms. The van der Waals surface area contributed by atoms with Gasteiger partial charge in [-0.2, -0.15) is 0 Å². The quantitative estimate of drug-likeness (QED) is 0.691. The number of hydrogen-bond acceptors (Lipinski definition) is 6. The number of ketones is 1. The predicted molar refractivity (Wildman–Crippen MR) is 128 cm³/mol. The van der Waals surface area contributed by atoms with Crippen LogP contribution in [-0.4, -0.2) is 37.2 Å². The van der Waals surface area contributed by atoms with Gasteiger partial charge in [-0.15, -0.1) is 0 Å². The van der Waals surface area contributed by atoms with Gasteiger partial charge in [0.15, 0.2) is 5.78 Å². The van der Waals surface area contributed by atoms with Gasteiger partial charge in [0.05, 0.1) is 11.3 Å². The van der Waals surface area contributed by atoms with E-state index in [0.717, 1.165) is 6.42 Å². The Balaban J connectivity index is 1.77. The van der Waals surface area contributed by atoms with Crippen molar-refractivity contribution in [2.24, 2.45) is 5.92 Å². The van der Waals surface area contributed by atoms with E-state index in [4.69, 9.17) is 0 Å². The monoisotopic (exact) mass is 483 g/mol. The molecular formula is C25H26FN3O4S. The molecule has 0 saturated carbocycles. The third kappa shape index (κ3) is 4.65. The standard InChI is InChI=1S/C25H26FN3O4S/c1-16-14-25(2,3)29(15-16)23-19(11-12-20(27-23)17-7-6-8-18(26)13-17)24(31)28-34(32,33)22-10-5-4-9-21(22)30/h4-8,10-13,16H,9,14-15H2,1-3H3,(H,28,31)/t16-/m0/s1. The maximum atomic E-state index is 13.8. The summed E-state index contributed by atoms with van der Waals surface area (Å²) in [5.74, 6) is -1.24. The summed E-state index contributed by atoms with van der Waals surface area (Å²) in [6.07, 6.45) is 5.00. The number of rotatable bonds is 5. The Morgan fingerprint density at radius 3 is 2.65 bits per heavy atom. The van der Waals surface area contributed by atoms with Gasteiger partial charge < -0.3 is 4.90 Å². The summed E-state index contributed by atoms with van der Waals surface area (Å²) in [7, 11) is -4.36. The van der Waals surface area contributed by atoms with Gasteiger partial charge in [-0.05, 0) is 56.5 Å². The van der Waals surface area contributed by atoms with Gasteiger partial charge >= 0.3 is 0 Å². The second kappa shape index (κ2) is 8.79. The van der Waals surface area contributed by atoms with Gasteiger partial charge in [0.1, 0.15) is 16.5 Å². The average molecular weight is 484 g/mol. The zero-order valence-corrected chi connectivity index (χ0v) is 20.0. The lowest BCUT2D eigenvalue weighted by molar-refractivity contribution is -0.114. The lowest BCUT2D eigenvalue weighted by Crippen LogP contribution is -2.41. The van der Waals surface area contributed by atoms with Crippen molar-refractivity contribution in [1.82, 2.24) is 9.71 Å². The summed E-state index contributed by atoms with van der Waals surface area (Å²) in [6, 6.07) is 9.02. The maximum absolute atomic E-state index is 13.8. The van der Waals surface area contributed by atoms with Crippen molar-refractivity contribution in [3.8, 4) is 11.3 Å². The molecule has 178 valence electrons. The third-order valence-electron chi connectivity index (χ3n) is 6.05. The van der Waals surface area contributed by atoms with Crippen molar-refractivity contribution in [3.05, 3.63) is 70.9 Å². The van der Waals surface area contributed by atoms with Crippen LogP contribution in [0.4, 0.5) is 10.2 Å². The Labute approximate surface area is 198 Å². The minimum Gasteiger partial charge on any atom is -0.351 e. The number of hydrogen-bond donors (Lipinski definition) is 1. The first-order valence-electron chi connectivity index (χ1n) is 11.0. The molecular weight excluding hydrogens is 457 g/mol. The van der Waals surface area contributed by atoms with Gasteiger partial charge in [-0.3, -0.25) is 9.59 Å². The molecule has 0 unspecified atom stereocenters. The van der Waals surface area contributed by atoms with Gasteiger partial charge in [-0.25, -0.2) is 22.5 Å². The van der Waals surface area contributed by atoms with Crippen LogP contribution in [0.25, 0.3) is 11.3 Å². The number of carbonyl (C=O) groups excluding carboxylic acids is 2. The number of anilines is 1. The zero-order valence-electron chi connectivity index (χ0n) is 19.2. The molecule has 0 radical (unpaired) electrons. The normalized spacial score (nSPS) is 19.8. The number of amides is 1. The van der Waals surface area contributed by atoms with Crippen LogP contribution in [0.3, 0.4) is 0 Å². The number of pyridine rings is 1. The molecule has 1 atom stereocenters. The minimum absolute atomic E-state index is 0.0457. The summed E-state index contributed by atoms with van der Waals surface area (Å²) < 4.78 is 41.4. The van der Waals surface area contributed by atoms with Crippen molar-refractivity contribution in [3.63, 3.8) is 0 Å². The van der Waals surface area contributed by atoms with Gasteiger partial charge in [0.2, 0.25) is 0 Å². The molecule has 2 aliphatic rings. The average Bonchev–Trinajstić information content (AvgIpc) is 3.04. The molecule has 1 amide bonds. The first-order chi connectivity index (χ1) is 16.0. The van der Waals surface area contributed by atoms with E-state index in [1.165, 1.54) is 30.4 Å². The Hall–Kier alpha value is -3.33. The van der Waals surface area contributed by atoms with Crippen LogP contribution in [0.15, 0.2) is 59.5 Å². The van der Waals surface area contributed by atoms with Crippen molar-refractivity contribution >= 4 is 27.5 Å². The van der Waals surface area contributed by atoms with Crippen LogP contribution in [0, 0.1) is 11.7 Å². The summed E-state index contributed by atoms with van der Waals surface area (Å²) in [6.45, 7) is 6.78. The zero-order chi connectivity index (χ0) is 24.7. The fourth-order valence-electron chi connectivity index (χ4n) is 4.59. The second-order valence-electron chi connectivity index (χ2n) is 9.33. The number of nitrogens with zero attached hydrogens (tertiary/aromatic N) is 2. The van der Waals surface area contributed by atoms with Crippen LogP contribution in [-0.2, 0) is 14.8 Å². The van der Waals surface area contributed by atoms with Crippen LogP contribution >= 0.6 is 0 Å². The molecule has 1 N–H and O–H groups in total. The van der Waals surface area contributed by atoms with E-state index < -0.39 is 32.4 Å². The van der Waals surface area contributed by atoms with Gasteiger partial charge in [0, 0.05) is 24.1 Å². The fourth-order valence-corrected chi connectivity index (χ4v) is 5.70. The van der Waals surface area contributed by atoms with Crippen molar-refractivity contribution in [2.75, 3.05) is 11.4 Å². The summed E-state index contributed by atoms with van der Waals surface area (Å²) in [5, 5.41) is 0. The highest BCUT2D eigenvalue weighted by atomic mass is 32.2. The first kappa shape index (κ1) is 23.8. The van der Waals surface area contributed by atoms with E-state index in [1.54, 1.807) is 24.3 Å². The molecule has 2 heterocycles. The number of Topliss-reactive ketones (excluding diaryl/α,β-unsaturated/α-hetero) is 1. The lowest BCUT2D eigenvalue weighted by atomic mass is 9.97. The second-order valence-corrected chi connectivity index (χ2v) is 11.0. The maximum Gasteiger partial charge on any atom is 0.268 e. The van der Waals surface area contributed by atoms with E-state index >= 15 is 0 Å². The van der Waals surface area contributed by atoms with Crippen LogP contribution in [0.2, 0.25) is 0 Å². The van der Waals surface area contributed by atoms with E-state index in [0.29, 0.717) is 29.5 Å². The highest BCUT2D eigenvalue weighted by Gasteiger charge is 2.39. The summed E-state index contributed by atoms with van der Waals surface area (Å²) in [5.41, 5.74) is 0.716. The molecule has 7 nitrogen and oxygen atoms in total. The van der Waals surface area contributed by atoms with Crippen LogP contribution < -0.4 is 9.62 Å². The molecule has 4 rings (SSSR count). The number of allylic oxidation sites excluding steroid dienone is 4. The van der Waals surface area contributed by atoms with E-state index in [-0.39, 0.29) is 17.5 Å². The third-order valence-corrected chi connectivity index (χ3v) is 7.44. The molecule has 0 bridgehead atoms. The number of nitrogens with one attached hydrogen (secondary N) is 1. The SMILES string of the molecule is C[C@@H]1CN(c2nc(-c3cccc(F)c3)ccc2C(=O)NS(=O)(=O)C2=CC=CCC2=O)C(C)(C)C1.